The van der Waals surface area contributed by atoms with Gasteiger partial charge in [0.25, 0.3) is 0 Å². The van der Waals surface area contributed by atoms with E-state index in [-0.39, 0.29) is 0 Å². The van der Waals surface area contributed by atoms with Crippen molar-refractivity contribution >= 4 is 8.85 Å². The van der Waals surface area contributed by atoms with Gasteiger partial charge >= 0.3 is 144 Å². The number of benzene rings is 2. The molecule has 1 unspecified atom stereocenters. The fraction of sp³-hybridized carbons (Fsp3) is 0.143. The molecule has 1 heteroatoms. The summed E-state index contributed by atoms with van der Waals surface area (Å²) >= 11 is -0.716. The van der Waals surface area contributed by atoms with Gasteiger partial charge in [0.1, 0.15) is 0 Å². The van der Waals surface area contributed by atoms with Crippen LogP contribution in [0.2, 0.25) is 0 Å². The first-order valence-corrected chi connectivity index (χ1v) is 10.3. The van der Waals surface area contributed by atoms with E-state index in [2.05, 4.69) is 79.7 Å². The molecule has 2 aliphatic carbocycles. The third-order valence-electron chi connectivity index (χ3n) is 4.54. The van der Waals surface area contributed by atoms with Gasteiger partial charge in [-0.1, -0.05) is 0 Å². The average Bonchev–Trinajstić information content (AvgIpc) is 3.17. The Morgan fingerprint density at radius 3 is 2.50 bits per heavy atom. The van der Waals surface area contributed by atoms with Crippen molar-refractivity contribution in [2.24, 2.45) is 0 Å². The van der Waals surface area contributed by atoms with Gasteiger partial charge in [-0.2, -0.15) is 0 Å². The second-order valence-electron chi connectivity index (χ2n) is 5.91. The average molecular weight is 362 g/mol. The molecule has 0 saturated carbocycles. The molecule has 0 aromatic heterocycles. The van der Waals surface area contributed by atoms with E-state index in [0.717, 1.165) is 0 Å². The Labute approximate surface area is 143 Å². The fourth-order valence-electron chi connectivity index (χ4n) is 3.47. The van der Waals surface area contributed by atoms with Crippen LogP contribution in [-0.2, 0) is 23.2 Å². The van der Waals surface area contributed by atoms with E-state index in [1.807, 2.05) is 0 Å². The van der Waals surface area contributed by atoms with E-state index in [4.69, 9.17) is 0 Å². The molecule has 106 valence electrons. The number of rotatable bonds is 3. The molecule has 0 spiro atoms. The number of fused-ring (bicyclic) bond motifs is 1. The first kappa shape index (κ1) is 14.2. The van der Waals surface area contributed by atoms with E-state index in [0.29, 0.717) is 5.92 Å². The van der Waals surface area contributed by atoms with Crippen LogP contribution in [0.1, 0.15) is 36.0 Å². The van der Waals surface area contributed by atoms with Crippen molar-refractivity contribution in [1.29, 1.82) is 0 Å². The first-order valence-electron chi connectivity index (χ1n) is 7.86. The predicted octanol–water partition coefficient (Wildman–Crippen LogP) is 5.60. The summed E-state index contributed by atoms with van der Waals surface area (Å²) in [6.07, 6.45) is 8.05. The molecule has 0 saturated heterocycles. The van der Waals surface area contributed by atoms with Crippen molar-refractivity contribution in [3.8, 4) is 0 Å². The van der Waals surface area contributed by atoms with Crippen LogP contribution in [0.15, 0.2) is 76.1 Å². The zero-order valence-electron chi connectivity index (χ0n) is 12.7. The van der Waals surface area contributed by atoms with Gasteiger partial charge in [0, 0.05) is 0 Å². The third kappa shape index (κ3) is 2.42. The predicted molar refractivity (Wildman–Crippen MR) is 90.0 cm³/mol. The van der Waals surface area contributed by atoms with Crippen LogP contribution in [-0.4, -0.2) is 0 Å². The minimum absolute atomic E-state index is 0.518. The topological polar surface area (TPSA) is 0 Å². The van der Waals surface area contributed by atoms with Crippen molar-refractivity contribution in [3.05, 3.63) is 92.8 Å². The van der Waals surface area contributed by atoms with Crippen molar-refractivity contribution in [2.75, 3.05) is 0 Å². The van der Waals surface area contributed by atoms with Gasteiger partial charge in [-0.05, 0) is 0 Å². The van der Waals surface area contributed by atoms with Crippen LogP contribution in [0, 0.1) is 0 Å². The maximum absolute atomic E-state index is 2.37. The molecule has 0 fully saturated rings. The summed E-state index contributed by atoms with van der Waals surface area (Å²) in [5, 5.41) is 0. The summed E-state index contributed by atoms with van der Waals surface area (Å²) in [6.45, 7) is 2.37. The molecule has 0 bridgehead atoms. The van der Waals surface area contributed by atoms with Crippen molar-refractivity contribution in [1.82, 2.24) is 0 Å². The van der Waals surface area contributed by atoms with Crippen LogP contribution < -0.4 is 0 Å². The molecule has 0 heterocycles. The van der Waals surface area contributed by atoms with Crippen LogP contribution in [0.5, 0.6) is 0 Å². The van der Waals surface area contributed by atoms with Crippen LogP contribution in [0.25, 0.3) is 8.85 Å². The Morgan fingerprint density at radius 1 is 0.955 bits per heavy atom. The second kappa shape index (κ2) is 5.97. The minimum atomic E-state index is -0.716. The molecule has 22 heavy (non-hydrogen) atoms. The maximum atomic E-state index is 2.37. The normalized spacial score (nSPS) is 19.3. The van der Waals surface area contributed by atoms with E-state index in [9.17, 15) is 0 Å². The van der Waals surface area contributed by atoms with Gasteiger partial charge < -0.3 is 0 Å². The molecule has 0 nitrogen and oxygen atoms in total. The Balaban J connectivity index is 1.86. The van der Waals surface area contributed by atoms with Crippen LogP contribution in [0.4, 0.5) is 0 Å². The summed E-state index contributed by atoms with van der Waals surface area (Å²) in [5.74, 6) is 0.518. The summed E-state index contributed by atoms with van der Waals surface area (Å²) in [4.78, 5) is 0. The molecule has 2 aromatic carbocycles. The van der Waals surface area contributed by atoms with Crippen LogP contribution >= 0.6 is 0 Å². The van der Waals surface area contributed by atoms with Crippen molar-refractivity contribution in [2.45, 2.75) is 19.3 Å². The fourth-order valence-corrected chi connectivity index (χ4v) is 7.35. The van der Waals surface area contributed by atoms with Gasteiger partial charge in [-0.25, -0.2) is 0 Å². The molecule has 4 rings (SSSR count). The number of allylic oxidation sites excluding steroid dienone is 5. The Morgan fingerprint density at radius 2 is 1.73 bits per heavy atom. The second-order valence-corrected chi connectivity index (χ2v) is 9.33. The van der Waals surface area contributed by atoms with E-state index < -0.39 is 23.2 Å². The first-order chi connectivity index (χ1) is 10.8. The zero-order valence-corrected chi connectivity index (χ0v) is 15.2. The molecule has 2 aromatic rings. The van der Waals surface area contributed by atoms with Gasteiger partial charge in [-0.3, -0.25) is 0 Å². The van der Waals surface area contributed by atoms with Gasteiger partial charge in [0.2, 0.25) is 0 Å². The molecule has 0 N–H and O–H groups in total. The quantitative estimate of drug-likeness (QED) is 0.668. The SMILES string of the molecule is CC1C(c2ccccc2)=[C]([Zr][C]2=CC=CC2)c2ccccc21. The summed E-state index contributed by atoms with van der Waals surface area (Å²) < 4.78 is 3.38. The molecule has 1 atom stereocenters. The Bertz CT molecular complexity index is 794. The molecule has 0 radical (unpaired) electrons. The molecule has 0 aliphatic heterocycles. The van der Waals surface area contributed by atoms with Crippen molar-refractivity contribution < 1.29 is 23.2 Å². The summed E-state index contributed by atoms with van der Waals surface area (Å²) in [5.41, 5.74) is 6.03. The van der Waals surface area contributed by atoms with Crippen molar-refractivity contribution in [3.63, 3.8) is 0 Å². The molecule has 0 amide bonds. The Hall–Kier alpha value is -1.46. The van der Waals surface area contributed by atoms with Gasteiger partial charge in [0.15, 0.2) is 0 Å². The molecular weight excluding hydrogens is 343 g/mol. The number of hydrogen-bond donors (Lipinski definition) is 0. The standard InChI is InChI=1S/C16H13.C5H5.Zr/c1-12-15-10-6-5-9-14(15)11-16(12)13-7-3-2-4-8-13;1-2-4-5-3-1;/h2-10,12H,1H3;1-3H,4H2;. The summed E-state index contributed by atoms with van der Waals surface area (Å²) in [7, 11) is 0. The van der Waals surface area contributed by atoms with Crippen LogP contribution in [0.3, 0.4) is 0 Å². The zero-order chi connectivity index (χ0) is 14.9. The van der Waals surface area contributed by atoms with E-state index in [1.165, 1.54) is 23.1 Å². The number of hydrogen-bond acceptors (Lipinski definition) is 0. The molecule has 2 aliphatic rings. The van der Waals surface area contributed by atoms with Gasteiger partial charge in [-0.15, -0.1) is 0 Å². The van der Waals surface area contributed by atoms with E-state index >= 15 is 0 Å². The van der Waals surface area contributed by atoms with E-state index in [1.54, 1.807) is 12.1 Å². The third-order valence-corrected chi connectivity index (χ3v) is 8.18. The monoisotopic (exact) mass is 360 g/mol. The van der Waals surface area contributed by atoms with Gasteiger partial charge in [0.05, 0.1) is 0 Å². The molecular formula is C21H18Zr. The Kier molecular flexibility index (Phi) is 3.84. The summed E-state index contributed by atoms with van der Waals surface area (Å²) in [6, 6.07) is 20.0.